The Bertz CT molecular complexity index is 952. The number of pyridine rings is 1. The molecule has 0 spiro atoms. The van der Waals surface area contributed by atoms with Gasteiger partial charge in [-0.05, 0) is 72.9 Å². The maximum atomic E-state index is 12.2. The van der Waals surface area contributed by atoms with E-state index in [1.807, 2.05) is 60.7 Å². The number of hydrogen-bond donors (Lipinski definition) is 1. The molecule has 1 N–H and O–H groups in total. The van der Waals surface area contributed by atoms with Gasteiger partial charge in [0.05, 0.1) is 13.0 Å². The summed E-state index contributed by atoms with van der Waals surface area (Å²) in [5, 5.41) is 2.89. The molecule has 5 heteroatoms. The second-order valence-corrected chi connectivity index (χ2v) is 7.22. The van der Waals surface area contributed by atoms with Crippen molar-refractivity contribution >= 4 is 17.4 Å². The first-order chi connectivity index (χ1) is 14.6. The molecule has 154 valence electrons. The molecule has 1 amide bonds. The van der Waals surface area contributed by atoms with E-state index in [0.29, 0.717) is 13.0 Å². The molecule has 0 saturated carbocycles. The number of amides is 1. The van der Waals surface area contributed by atoms with E-state index in [9.17, 15) is 9.59 Å². The number of benzene rings is 2. The van der Waals surface area contributed by atoms with Crippen LogP contribution in [0.1, 0.15) is 36.5 Å². The maximum Gasteiger partial charge on any atom is 0.227 e. The van der Waals surface area contributed by atoms with Gasteiger partial charge in [0.2, 0.25) is 5.91 Å². The molecule has 0 saturated heterocycles. The van der Waals surface area contributed by atoms with Crippen LogP contribution in [0.3, 0.4) is 0 Å². The Labute approximate surface area is 177 Å². The molecule has 0 radical (unpaired) electrons. The normalized spacial score (nSPS) is 10.4. The molecule has 2 aromatic carbocycles. The third kappa shape index (κ3) is 7.17. The first-order valence-electron chi connectivity index (χ1n) is 10.1. The van der Waals surface area contributed by atoms with Crippen LogP contribution in [0.5, 0.6) is 5.75 Å². The fourth-order valence-electron chi connectivity index (χ4n) is 3.00. The molecule has 0 atom stereocenters. The first kappa shape index (κ1) is 21.2. The summed E-state index contributed by atoms with van der Waals surface area (Å²) in [6, 6.07) is 19.5. The van der Waals surface area contributed by atoms with E-state index >= 15 is 0 Å². The number of hydrogen-bond acceptors (Lipinski definition) is 4. The van der Waals surface area contributed by atoms with Crippen molar-refractivity contribution in [2.75, 3.05) is 11.9 Å². The summed E-state index contributed by atoms with van der Waals surface area (Å²) in [4.78, 5) is 27.2. The molecule has 0 aliphatic carbocycles. The number of carbonyl (C=O) groups excluding carboxylic acids is 2. The van der Waals surface area contributed by atoms with Crippen LogP contribution in [-0.2, 0) is 22.4 Å². The molecule has 0 fully saturated rings. The summed E-state index contributed by atoms with van der Waals surface area (Å²) in [6.07, 6.45) is 5.96. The van der Waals surface area contributed by atoms with Crippen molar-refractivity contribution in [2.45, 2.75) is 32.6 Å². The second-order valence-electron chi connectivity index (χ2n) is 7.22. The molecule has 30 heavy (non-hydrogen) atoms. The summed E-state index contributed by atoms with van der Waals surface area (Å²) in [6.45, 7) is 1.90. The van der Waals surface area contributed by atoms with Gasteiger partial charge in [-0.25, -0.2) is 0 Å². The summed E-state index contributed by atoms with van der Waals surface area (Å²) < 4.78 is 5.65. The van der Waals surface area contributed by atoms with Crippen molar-refractivity contribution in [3.8, 4) is 5.75 Å². The van der Waals surface area contributed by atoms with Crippen molar-refractivity contribution in [3.05, 3.63) is 89.7 Å². The Hall–Kier alpha value is -3.47. The number of nitrogens with zero attached hydrogens (tertiary/aromatic N) is 1. The van der Waals surface area contributed by atoms with Crippen LogP contribution in [0.15, 0.2) is 73.1 Å². The number of carbonyl (C=O) groups is 2. The number of aryl methyl sites for hydroxylation is 1. The van der Waals surface area contributed by atoms with E-state index in [-0.39, 0.29) is 18.1 Å². The van der Waals surface area contributed by atoms with Crippen LogP contribution in [0.2, 0.25) is 0 Å². The SMILES string of the molecule is CC(=O)CCc1ccc(OCCC(=O)Nc2ccc(Cc3ccncc3)cc2)cc1. The monoisotopic (exact) mass is 402 g/mol. The molecular formula is C25H26N2O3. The highest BCUT2D eigenvalue weighted by Crippen LogP contribution is 2.15. The molecule has 0 unspecified atom stereocenters. The minimum Gasteiger partial charge on any atom is -0.493 e. The zero-order valence-electron chi connectivity index (χ0n) is 17.1. The van der Waals surface area contributed by atoms with Crippen LogP contribution in [-0.4, -0.2) is 23.3 Å². The van der Waals surface area contributed by atoms with Crippen molar-refractivity contribution < 1.29 is 14.3 Å². The van der Waals surface area contributed by atoms with Crippen molar-refractivity contribution in [3.63, 3.8) is 0 Å². The van der Waals surface area contributed by atoms with Gasteiger partial charge in [-0.3, -0.25) is 9.78 Å². The van der Waals surface area contributed by atoms with E-state index < -0.39 is 0 Å². The number of nitrogens with one attached hydrogen (secondary N) is 1. The first-order valence-corrected chi connectivity index (χ1v) is 10.1. The predicted octanol–water partition coefficient (Wildman–Crippen LogP) is 4.60. The van der Waals surface area contributed by atoms with Crippen molar-refractivity contribution in [1.82, 2.24) is 4.98 Å². The van der Waals surface area contributed by atoms with E-state index in [1.165, 1.54) is 11.1 Å². The Morgan fingerprint density at radius 2 is 1.47 bits per heavy atom. The van der Waals surface area contributed by atoms with Crippen LogP contribution >= 0.6 is 0 Å². The quantitative estimate of drug-likeness (QED) is 0.538. The van der Waals surface area contributed by atoms with Crippen molar-refractivity contribution in [1.29, 1.82) is 0 Å². The van der Waals surface area contributed by atoms with Gasteiger partial charge in [-0.2, -0.15) is 0 Å². The number of Topliss-reactive ketones (excluding diaryl/α,β-unsaturated/α-hetero) is 1. The van der Waals surface area contributed by atoms with E-state index in [1.54, 1.807) is 19.3 Å². The predicted molar refractivity (Wildman–Crippen MR) is 118 cm³/mol. The van der Waals surface area contributed by atoms with Crippen LogP contribution < -0.4 is 10.1 Å². The molecule has 0 aliphatic rings. The second kappa shape index (κ2) is 10.9. The highest BCUT2D eigenvalue weighted by molar-refractivity contribution is 5.90. The highest BCUT2D eigenvalue weighted by Gasteiger charge is 2.04. The van der Waals surface area contributed by atoms with Gasteiger partial charge in [-0.1, -0.05) is 24.3 Å². The summed E-state index contributed by atoms with van der Waals surface area (Å²) in [5.41, 5.74) is 4.25. The standard InChI is InChI=1S/C25H26N2O3/c1-19(28)2-3-20-6-10-24(11-7-20)30-17-14-25(29)27-23-8-4-21(5-9-23)18-22-12-15-26-16-13-22/h4-13,15-16H,2-3,14,17-18H2,1H3,(H,27,29). The van der Waals surface area contributed by atoms with E-state index in [4.69, 9.17) is 4.74 Å². The van der Waals surface area contributed by atoms with Gasteiger partial charge < -0.3 is 14.8 Å². The molecule has 3 rings (SSSR count). The van der Waals surface area contributed by atoms with E-state index in [0.717, 1.165) is 29.8 Å². The molecule has 0 aliphatic heterocycles. The smallest absolute Gasteiger partial charge is 0.227 e. The van der Waals surface area contributed by atoms with Gasteiger partial charge in [-0.15, -0.1) is 0 Å². The number of rotatable bonds is 10. The molecule has 0 bridgehead atoms. The Morgan fingerprint density at radius 1 is 0.833 bits per heavy atom. The van der Waals surface area contributed by atoms with Crippen LogP contribution in [0, 0.1) is 0 Å². The van der Waals surface area contributed by atoms with Crippen molar-refractivity contribution in [2.24, 2.45) is 0 Å². The zero-order chi connectivity index (χ0) is 21.2. The van der Waals surface area contributed by atoms with Gasteiger partial charge in [0.15, 0.2) is 0 Å². The third-order valence-corrected chi connectivity index (χ3v) is 4.68. The number of ketones is 1. The minimum atomic E-state index is -0.0880. The fourth-order valence-corrected chi connectivity index (χ4v) is 3.00. The number of aromatic nitrogens is 1. The van der Waals surface area contributed by atoms with E-state index in [2.05, 4.69) is 10.3 Å². The largest absolute Gasteiger partial charge is 0.493 e. The molecule has 5 nitrogen and oxygen atoms in total. The lowest BCUT2D eigenvalue weighted by Gasteiger charge is -2.09. The van der Waals surface area contributed by atoms with Crippen LogP contribution in [0.4, 0.5) is 5.69 Å². The van der Waals surface area contributed by atoms with Gasteiger partial charge in [0.1, 0.15) is 11.5 Å². The summed E-state index contributed by atoms with van der Waals surface area (Å²) in [5.74, 6) is 0.814. The average molecular weight is 402 g/mol. The Balaban J connectivity index is 1.39. The maximum absolute atomic E-state index is 12.2. The Morgan fingerprint density at radius 3 is 2.13 bits per heavy atom. The summed E-state index contributed by atoms with van der Waals surface area (Å²) in [7, 11) is 0. The average Bonchev–Trinajstić information content (AvgIpc) is 2.75. The fraction of sp³-hybridized carbons (Fsp3) is 0.240. The molecule has 1 aromatic heterocycles. The third-order valence-electron chi connectivity index (χ3n) is 4.68. The molecular weight excluding hydrogens is 376 g/mol. The Kier molecular flexibility index (Phi) is 7.72. The topological polar surface area (TPSA) is 68.3 Å². The summed E-state index contributed by atoms with van der Waals surface area (Å²) >= 11 is 0. The number of ether oxygens (including phenoxy) is 1. The zero-order valence-corrected chi connectivity index (χ0v) is 17.1. The van der Waals surface area contributed by atoms with Crippen LogP contribution in [0.25, 0.3) is 0 Å². The lowest BCUT2D eigenvalue weighted by molar-refractivity contribution is -0.117. The van der Waals surface area contributed by atoms with Gasteiger partial charge >= 0.3 is 0 Å². The minimum absolute atomic E-state index is 0.0880. The lowest BCUT2D eigenvalue weighted by Crippen LogP contribution is -2.15. The molecule has 1 heterocycles. The lowest BCUT2D eigenvalue weighted by atomic mass is 10.1. The number of anilines is 1. The highest BCUT2D eigenvalue weighted by atomic mass is 16.5. The van der Waals surface area contributed by atoms with Gasteiger partial charge in [0.25, 0.3) is 0 Å². The van der Waals surface area contributed by atoms with Gasteiger partial charge in [0, 0.05) is 24.5 Å². The molecule has 3 aromatic rings.